The second-order valence-corrected chi connectivity index (χ2v) is 11.7. The molecule has 0 bridgehead atoms. The number of halogens is 1. The number of hydrogen-bond donors (Lipinski definition) is 3. The first-order valence-corrected chi connectivity index (χ1v) is 14.3. The highest BCUT2D eigenvalue weighted by Crippen LogP contribution is 2.30. The molecule has 196 valence electrons. The number of unbranched alkanes of at least 4 members (excludes halogenated alkanes) is 5. The molecule has 1 aromatic rings. The molecule has 4 rings (SSSR count). The fraction of sp³-hybridized carbons (Fsp3) is 0.615. The Hall–Kier alpha value is -2.05. The predicted octanol–water partition coefficient (Wildman–Crippen LogP) is 2.88. The first-order chi connectivity index (χ1) is 17.2. The maximum atomic E-state index is 13.5. The largest absolute Gasteiger partial charge is 0.359 e. The summed E-state index contributed by atoms with van der Waals surface area (Å²) in [4.78, 5) is 52.0. The summed E-state index contributed by atoms with van der Waals surface area (Å²) < 4.78 is 0.541. The van der Waals surface area contributed by atoms with Crippen LogP contribution in [0, 0.1) is 0 Å². The molecule has 0 saturated carbocycles. The van der Waals surface area contributed by atoms with Crippen LogP contribution in [0.2, 0.25) is 0 Å². The van der Waals surface area contributed by atoms with Gasteiger partial charge in [-0.2, -0.15) is 0 Å². The molecule has 2 saturated heterocycles. The summed E-state index contributed by atoms with van der Waals surface area (Å²) in [6.45, 7) is 4.08. The number of rotatable bonds is 10. The van der Waals surface area contributed by atoms with Gasteiger partial charge < -0.3 is 10.2 Å². The molecule has 3 heterocycles. The van der Waals surface area contributed by atoms with Crippen molar-refractivity contribution in [2.75, 3.05) is 25.5 Å². The van der Waals surface area contributed by atoms with Crippen LogP contribution < -0.4 is 16.0 Å². The zero-order chi connectivity index (χ0) is 25.9. The van der Waals surface area contributed by atoms with Crippen molar-refractivity contribution in [1.82, 2.24) is 15.5 Å². The first-order valence-electron chi connectivity index (χ1n) is 13.1. The molecule has 4 unspecified atom stereocenters. The second-order valence-electron chi connectivity index (χ2n) is 10.3. The van der Waals surface area contributed by atoms with Crippen LogP contribution in [0.15, 0.2) is 18.2 Å². The third-order valence-corrected chi connectivity index (χ3v) is 9.34. The van der Waals surface area contributed by atoms with Crippen LogP contribution in [0.25, 0.3) is 0 Å². The zero-order valence-corrected chi connectivity index (χ0v) is 23.3. The molecule has 3 aliphatic rings. The number of fused-ring (bicyclic) bond motifs is 1. The quantitative estimate of drug-likeness (QED) is 0.0940. The minimum Gasteiger partial charge on any atom is -0.359 e. The van der Waals surface area contributed by atoms with E-state index in [1.807, 2.05) is 19.2 Å². The van der Waals surface area contributed by atoms with Crippen molar-refractivity contribution in [3.63, 3.8) is 0 Å². The highest BCUT2D eigenvalue weighted by atomic mass is 127. The number of amides is 4. The number of piperazine rings is 1. The van der Waals surface area contributed by atoms with E-state index >= 15 is 0 Å². The lowest BCUT2D eigenvalue weighted by molar-refractivity contribution is -0.843. The molecule has 9 nitrogen and oxygen atoms in total. The number of alkyl halides is 1. The molecule has 0 spiro atoms. The van der Waals surface area contributed by atoms with Crippen molar-refractivity contribution >= 4 is 51.9 Å². The van der Waals surface area contributed by atoms with Gasteiger partial charge in [-0.3, -0.25) is 25.0 Å². The van der Waals surface area contributed by atoms with Crippen LogP contribution >= 0.6 is 22.6 Å². The molecule has 2 fully saturated rings. The van der Waals surface area contributed by atoms with E-state index < -0.39 is 18.1 Å². The SMILES string of the molecule is CCCCCCCC[N+]1(C)C(=O)C(Nc2ccc3c(c2)C(=O)N(C2CCC(=O)NC2=O)C3)NCC1I. The number of carbonyl (C=O) groups excluding carboxylic acids is 4. The van der Waals surface area contributed by atoms with Crippen LogP contribution in [0.3, 0.4) is 0 Å². The van der Waals surface area contributed by atoms with E-state index in [1.165, 1.54) is 30.6 Å². The Morgan fingerprint density at radius 2 is 1.86 bits per heavy atom. The number of carbonyl (C=O) groups is 4. The highest BCUT2D eigenvalue weighted by Gasteiger charge is 2.47. The summed E-state index contributed by atoms with van der Waals surface area (Å²) >= 11 is 2.38. The Kier molecular flexibility index (Phi) is 8.67. The van der Waals surface area contributed by atoms with E-state index in [0.717, 1.165) is 24.9 Å². The lowest BCUT2D eigenvalue weighted by atomic mass is 10.0. The van der Waals surface area contributed by atoms with Gasteiger partial charge in [0.05, 0.1) is 20.1 Å². The van der Waals surface area contributed by atoms with Crippen molar-refractivity contribution in [3.8, 4) is 0 Å². The number of quaternary nitrogens is 1. The van der Waals surface area contributed by atoms with Crippen LogP contribution in [0.5, 0.6) is 0 Å². The summed E-state index contributed by atoms with van der Waals surface area (Å²) in [6, 6.07) is 4.89. The van der Waals surface area contributed by atoms with E-state index in [4.69, 9.17) is 0 Å². The Balaban J connectivity index is 1.39. The van der Waals surface area contributed by atoms with Gasteiger partial charge in [-0.25, -0.2) is 9.28 Å². The molecule has 10 heteroatoms. The summed E-state index contributed by atoms with van der Waals surface area (Å²) in [6.07, 6.45) is 7.16. The molecule has 3 N–H and O–H groups in total. The van der Waals surface area contributed by atoms with Crippen molar-refractivity contribution in [2.24, 2.45) is 0 Å². The van der Waals surface area contributed by atoms with Crippen LogP contribution in [-0.2, 0) is 20.9 Å². The Morgan fingerprint density at radius 3 is 2.61 bits per heavy atom. The Labute approximate surface area is 226 Å². The monoisotopic (exact) mass is 610 g/mol. The fourth-order valence-corrected chi connectivity index (χ4v) is 6.14. The predicted molar refractivity (Wildman–Crippen MR) is 145 cm³/mol. The van der Waals surface area contributed by atoms with E-state index in [2.05, 4.69) is 45.5 Å². The minimum atomic E-state index is -0.638. The standard InChI is InChI=1S/C26H36IN5O4/c1-3-4-5-6-7-8-13-32(2)21(27)15-28-23(26(32)36)29-18-10-9-17-16-31(25(35)19(17)14-18)20-11-12-22(33)30-24(20)34/h9-10,14,20-21,23,28-29H,3-8,11-13,15-16H2,1-2H3/p+1. The van der Waals surface area contributed by atoms with E-state index in [1.54, 1.807) is 6.07 Å². The van der Waals surface area contributed by atoms with Gasteiger partial charge >= 0.3 is 5.91 Å². The average Bonchev–Trinajstić information content (AvgIpc) is 3.17. The fourth-order valence-electron chi connectivity index (χ4n) is 5.33. The summed E-state index contributed by atoms with van der Waals surface area (Å²) in [7, 11) is 2.03. The van der Waals surface area contributed by atoms with Gasteiger partial charge in [0, 0.05) is 24.2 Å². The van der Waals surface area contributed by atoms with Gasteiger partial charge in [-0.1, -0.05) is 38.7 Å². The van der Waals surface area contributed by atoms with Gasteiger partial charge in [0.15, 0.2) is 10.2 Å². The molecular formula is C26H37IN5O4+. The summed E-state index contributed by atoms with van der Waals surface area (Å²) in [5, 5.41) is 8.97. The average molecular weight is 611 g/mol. The lowest BCUT2D eigenvalue weighted by Gasteiger charge is -2.43. The molecule has 0 aliphatic carbocycles. The number of nitrogens with zero attached hydrogens (tertiary/aromatic N) is 2. The summed E-state index contributed by atoms with van der Waals surface area (Å²) in [5.41, 5.74) is 2.06. The molecule has 4 atom stereocenters. The molecule has 1 aromatic carbocycles. The Bertz CT molecular complexity index is 1030. The number of anilines is 1. The molecule has 3 aliphatic heterocycles. The number of nitrogens with one attached hydrogen (secondary N) is 3. The van der Waals surface area contributed by atoms with Gasteiger partial charge in [-0.05, 0) is 59.5 Å². The van der Waals surface area contributed by atoms with Crippen molar-refractivity contribution in [1.29, 1.82) is 0 Å². The highest BCUT2D eigenvalue weighted by molar-refractivity contribution is 14.1. The van der Waals surface area contributed by atoms with Crippen molar-refractivity contribution in [2.45, 2.75) is 81.1 Å². The number of likely N-dealkylation sites (N-methyl/N-ethyl adjacent to an activating group) is 1. The van der Waals surface area contributed by atoms with Crippen molar-refractivity contribution < 1.29 is 23.7 Å². The molecule has 4 amide bonds. The number of hydrogen-bond acceptors (Lipinski definition) is 6. The summed E-state index contributed by atoms with van der Waals surface area (Å²) in [5.74, 6) is -0.834. The smallest absolute Gasteiger partial charge is 0.351 e. The third kappa shape index (κ3) is 5.60. The second kappa shape index (κ2) is 11.6. The maximum absolute atomic E-state index is 13.5. The molecule has 0 radical (unpaired) electrons. The van der Waals surface area contributed by atoms with Crippen LogP contribution in [-0.4, -0.2) is 69.4 Å². The number of imide groups is 1. The molecular weight excluding hydrogens is 573 g/mol. The number of piperidine rings is 1. The molecule has 0 aromatic heterocycles. The zero-order valence-electron chi connectivity index (χ0n) is 21.1. The van der Waals surface area contributed by atoms with Gasteiger partial charge in [0.25, 0.3) is 5.91 Å². The van der Waals surface area contributed by atoms with E-state index in [9.17, 15) is 19.2 Å². The topological polar surface area (TPSA) is 108 Å². The third-order valence-electron chi connectivity index (χ3n) is 7.67. The van der Waals surface area contributed by atoms with Crippen molar-refractivity contribution in [3.05, 3.63) is 29.3 Å². The van der Waals surface area contributed by atoms with Crippen LogP contribution in [0.4, 0.5) is 5.69 Å². The van der Waals surface area contributed by atoms with Gasteiger partial charge in [-0.15, -0.1) is 0 Å². The van der Waals surface area contributed by atoms with Crippen LogP contribution in [0.1, 0.15) is 74.2 Å². The lowest BCUT2D eigenvalue weighted by Crippen LogP contribution is -2.69. The van der Waals surface area contributed by atoms with E-state index in [0.29, 0.717) is 35.2 Å². The van der Waals surface area contributed by atoms with E-state index in [-0.39, 0.29) is 28.2 Å². The first kappa shape index (κ1) is 27.0. The maximum Gasteiger partial charge on any atom is 0.351 e. The van der Waals surface area contributed by atoms with Gasteiger partial charge in [0.2, 0.25) is 11.8 Å². The normalized spacial score (nSPS) is 28.3. The molecule has 36 heavy (non-hydrogen) atoms. The Morgan fingerprint density at radius 1 is 1.11 bits per heavy atom. The minimum absolute atomic E-state index is 0.103. The number of benzene rings is 1. The van der Waals surface area contributed by atoms with Gasteiger partial charge in [0.1, 0.15) is 6.04 Å².